The summed E-state index contributed by atoms with van der Waals surface area (Å²) >= 11 is 0. The largest absolute Gasteiger partial charge is 0.485 e. The Balaban J connectivity index is 1.67. The molecule has 0 atom stereocenters. The van der Waals surface area contributed by atoms with Gasteiger partial charge >= 0.3 is 0 Å². The lowest BCUT2D eigenvalue weighted by Gasteiger charge is -2.29. The van der Waals surface area contributed by atoms with Gasteiger partial charge in [-0.25, -0.2) is 4.39 Å². The first-order valence-electron chi connectivity index (χ1n) is 9.73. The fraction of sp³-hybridized carbons (Fsp3) is 0.318. The summed E-state index contributed by atoms with van der Waals surface area (Å²) in [5.74, 6) is -0.0922. The van der Waals surface area contributed by atoms with Crippen molar-refractivity contribution in [2.24, 2.45) is 0 Å². The Morgan fingerprint density at radius 1 is 1.20 bits per heavy atom. The molecule has 7 nitrogen and oxygen atoms in total. The van der Waals surface area contributed by atoms with Gasteiger partial charge in [0, 0.05) is 25.1 Å². The summed E-state index contributed by atoms with van der Waals surface area (Å²) in [4.78, 5) is 38.1. The van der Waals surface area contributed by atoms with Crippen LogP contribution in [0.15, 0.2) is 42.5 Å². The van der Waals surface area contributed by atoms with E-state index in [-0.39, 0.29) is 36.6 Å². The maximum Gasteiger partial charge on any atom is 0.265 e. The minimum Gasteiger partial charge on any atom is -0.485 e. The van der Waals surface area contributed by atoms with E-state index in [2.05, 4.69) is 5.32 Å². The predicted molar refractivity (Wildman–Crippen MR) is 108 cm³/mol. The Morgan fingerprint density at radius 2 is 1.97 bits per heavy atom. The Hall–Kier alpha value is -3.42. The molecule has 0 saturated heterocycles. The lowest BCUT2D eigenvalue weighted by atomic mass is 10.1. The summed E-state index contributed by atoms with van der Waals surface area (Å²) < 4.78 is 23.8. The highest BCUT2D eigenvalue weighted by Gasteiger charge is 2.26. The van der Waals surface area contributed by atoms with Gasteiger partial charge in [-0.3, -0.25) is 14.4 Å². The van der Waals surface area contributed by atoms with Crippen molar-refractivity contribution < 1.29 is 28.2 Å². The zero-order valence-corrected chi connectivity index (χ0v) is 16.7. The number of halogens is 1. The van der Waals surface area contributed by atoms with E-state index in [0.29, 0.717) is 48.7 Å². The Morgan fingerprint density at radius 3 is 2.70 bits per heavy atom. The monoisotopic (exact) mass is 414 g/mol. The highest BCUT2D eigenvalue weighted by Crippen LogP contribution is 2.33. The highest BCUT2D eigenvalue weighted by molar-refractivity contribution is 6.02. The minimum atomic E-state index is -0.389. The zero-order chi connectivity index (χ0) is 21.5. The summed E-state index contributed by atoms with van der Waals surface area (Å²) in [6.07, 6.45) is 0.792. The number of benzene rings is 2. The number of ether oxygens (including phenoxy) is 2. The molecule has 158 valence electrons. The summed E-state index contributed by atoms with van der Waals surface area (Å²) in [6, 6.07) is 10.2. The maximum absolute atomic E-state index is 13.0. The number of hydrogen-bond donors (Lipinski definition) is 1. The summed E-state index contributed by atoms with van der Waals surface area (Å²) in [5, 5.41) is 2.72. The lowest BCUT2D eigenvalue weighted by molar-refractivity contribution is -0.122. The second kappa shape index (κ2) is 9.87. The molecule has 1 aliphatic heterocycles. The first-order valence-corrected chi connectivity index (χ1v) is 9.73. The molecule has 8 heteroatoms. The maximum atomic E-state index is 13.0. The second-order valence-corrected chi connectivity index (χ2v) is 6.74. The van der Waals surface area contributed by atoms with Crippen molar-refractivity contribution in [2.75, 3.05) is 31.2 Å². The quantitative estimate of drug-likeness (QED) is 0.638. The summed E-state index contributed by atoms with van der Waals surface area (Å²) in [6.45, 7) is 2.43. The second-order valence-electron chi connectivity index (χ2n) is 6.74. The molecule has 0 saturated carbocycles. The van der Waals surface area contributed by atoms with E-state index in [0.717, 1.165) is 0 Å². The third-order valence-electron chi connectivity index (χ3n) is 4.57. The number of hydrogen-bond acceptors (Lipinski definition) is 5. The van der Waals surface area contributed by atoms with Crippen LogP contribution < -0.4 is 19.7 Å². The number of ketones is 1. The molecule has 1 heterocycles. The van der Waals surface area contributed by atoms with E-state index in [1.54, 1.807) is 18.2 Å². The summed E-state index contributed by atoms with van der Waals surface area (Å²) in [5.41, 5.74) is 0.859. The van der Waals surface area contributed by atoms with Crippen molar-refractivity contribution >= 4 is 23.3 Å². The van der Waals surface area contributed by atoms with Crippen molar-refractivity contribution in [2.45, 2.75) is 19.8 Å². The Labute approximate surface area is 173 Å². The van der Waals surface area contributed by atoms with Gasteiger partial charge in [0.15, 0.2) is 19.0 Å². The molecule has 0 bridgehead atoms. The SMILES string of the molecule is CCNC(=O)CCCN1C(=O)COc2ccc(C(=O)COc3ccc(F)cc3)cc21. The van der Waals surface area contributed by atoms with Crippen LogP contribution in [0, 0.1) is 5.82 Å². The van der Waals surface area contributed by atoms with Crippen LogP contribution in [0.4, 0.5) is 10.1 Å². The third kappa shape index (κ3) is 5.34. The van der Waals surface area contributed by atoms with Crippen LogP contribution in [0.2, 0.25) is 0 Å². The third-order valence-corrected chi connectivity index (χ3v) is 4.57. The smallest absolute Gasteiger partial charge is 0.265 e. The van der Waals surface area contributed by atoms with E-state index < -0.39 is 0 Å². The molecule has 0 fully saturated rings. The number of Topliss-reactive ketones (excluding diaryl/α,β-unsaturated/α-hetero) is 1. The Bertz CT molecular complexity index is 930. The normalized spacial score (nSPS) is 12.7. The van der Waals surface area contributed by atoms with Crippen LogP contribution >= 0.6 is 0 Å². The number of carbonyl (C=O) groups is 3. The Kier molecular flexibility index (Phi) is 7.00. The van der Waals surface area contributed by atoms with Crippen molar-refractivity contribution in [1.82, 2.24) is 5.32 Å². The lowest BCUT2D eigenvalue weighted by Crippen LogP contribution is -2.40. The van der Waals surface area contributed by atoms with E-state index in [4.69, 9.17) is 9.47 Å². The average molecular weight is 414 g/mol. The molecule has 1 aliphatic rings. The number of fused-ring (bicyclic) bond motifs is 1. The minimum absolute atomic E-state index is 0.0692. The van der Waals surface area contributed by atoms with Crippen LogP contribution in [0.5, 0.6) is 11.5 Å². The van der Waals surface area contributed by atoms with Crippen molar-refractivity contribution in [3.63, 3.8) is 0 Å². The van der Waals surface area contributed by atoms with Crippen LogP contribution in [0.25, 0.3) is 0 Å². The number of nitrogens with zero attached hydrogens (tertiary/aromatic N) is 1. The fourth-order valence-electron chi connectivity index (χ4n) is 3.07. The predicted octanol–water partition coefficient (Wildman–Crippen LogP) is 2.73. The van der Waals surface area contributed by atoms with Gasteiger partial charge in [0.2, 0.25) is 5.91 Å². The molecular weight excluding hydrogens is 391 g/mol. The molecule has 3 rings (SSSR count). The topological polar surface area (TPSA) is 84.9 Å². The zero-order valence-electron chi connectivity index (χ0n) is 16.7. The molecule has 1 N–H and O–H groups in total. The number of carbonyl (C=O) groups excluding carboxylic acids is 3. The van der Waals surface area contributed by atoms with Gasteiger partial charge in [0.25, 0.3) is 5.91 Å². The van der Waals surface area contributed by atoms with E-state index in [1.165, 1.54) is 29.2 Å². The number of nitrogens with one attached hydrogen (secondary N) is 1. The molecule has 30 heavy (non-hydrogen) atoms. The molecule has 2 amide bonds. The molecule has 0 unspecified atom stereocenters. The first kappa shape index (κ1) is 21.3. The fourth-order valence-corrected chi connectivity index (χ4v) is 3.07. The molecule has 0 radical (unpaired) electrons. The molecule has 0 aliphatic carbocycles. The van der Waals surface area contributed by atoms with Crippen molar-refractivity contribution in [3.8, 4) is 11.5 Å². The van der Waals surface area contributed by atoms with Gasteiger partial charge in [-0.05, 0) is 55.8 Å². The van der Waals surface area contributed by atoms with Crippen LogP contribution in [0.3, 0.4) is 0 Å². The van der Waals surface area contributed by atoms with E-state index in [9.17, 15) is 18.8 Å². The van der Waals surface area contributed by atoms with Crippen molar-refractivity contribution in [3.05, 3.63) is 53.8 Å². The molecule has 0 aromatic heterocycles. The van der Waals surface area contributed by atoms with Gasteiger partial charge in [-0.2, -0.15) is 0 Å². The highest BCUT2D eigenvalue weighted by atomic mass is 19.1. The first-order chi connectivity index (χ1) is 14.5. The van der Waals surface area contributed by atoms with Crippen LogP contribution in [0.1, 0.15) is 30.1 Å². The number of amides is 2. The molecule has 0 spiro atoms. The van der Waals surface area contributed by atoms with Crippen LogP contribution in [-0.4, -0.2) is 43.9 Å². The van der Waals surface area contributed by atoms with Crippen molar-refractivity contribution in [1.29, 1.82) is 0 Å². The van der Waals surface area contributed by atoms with Gasteiger partial charge in [-0.15, -0.1) is 0 Å². The average Bonchev–Trinajstić information content (AvgIpc) is 2.74. The van der Waals surface area contributed by atoms with E-state index >= 15 is 0 Å². The van der Waals surface area contributed by atoms with Gasteiger partial charge in [0.1, 0.15) is 17.3 Å². The van der Waals surface area contributed by atoms with Gasteiger partial charge in [0.05, 0.1) is 5.69 Å². The molecule has 2 aromatic rings. The molecule has 2 aromatic carbocycles. The van der Waals surface area contributed by atoms with Crippen LogP contribution in [-0.2, 0) is 9.59 Å². The standard InChI is InChI=1S/C22H23FN2O5/c1-2-24-21(27)4-3-11-25-18-12-15(5-10-20(18)30-14-22(25)28)19(26)13-29-17-8-6-16(23)7-9-17/h5-10,12H,2-4,11,13-14H2,1H3,(H,24,27). The summed E-state index contributed by atoms with van der Waals surface area (Å²) in [7, 11) is 0. The van der Waals surface area contributed by atoms with Gasteiger partial charge in [-0.1, -0.05) is 0 Å². The number of anilines is 1. The number of rotatable bonds is 9. The van der Waals surface area contributed by atoms with Gasteiger partial charge < -0.3 is 19.7 Å². The molecular formula is C22H23FN2O5. The van der Waals surface area contributed by atoms with E-state index in [1.807, 2.05) is 6.92 Å².